The van der Waals surface area contributed by atoms with Gasteiger partial charge in [-0.25, -0.2) is 0 Å². The van der Waals surface area contributed by atoms with E-state index in [0.29, 0.717) is 5.56 Å². The van der Waals surface area contributed by atoms with E-state index in [2.05, 4.69) is 4.98 Å². The molecule has 3 N–H and O–H groups in total. The van der Waals surface area contributed by atoms with Crippen LogP contribution in [0.4, 0.5) is 0 Å². The third-order valence-corrected chi connectivity index (χ3v) is 2.63. The van der Waals surface area contributed by atoms with Gasteiger partial charge in [-0.1, -0.05) is 30.3 Å². The zero-order valence-corrected chi connectivity index (χ0v) is 9.10. The zero-order valence-electron chi connectivity index (χ0n) is 9.10. The van der Waals surface area contributed by atoms with E-state index in [4.69, 9.17) is 5.73 Å². The summed E-state index contributed by atoms with van der Waals surface area (Å²) in [6, 6.07) is 11.4. The summed E-state index contributed by atoms with van der Waals surface area (Å²) >= 11 is 0. The summed E-state index contributed by atoms with van der Waals surface area (Å²) in [4.78, 5) is 13.9. The Morgan fingerprint density at radius 1 is 1.19 bits per heavy atom. The molecule has 0 aliphatic heterocycles. The van der Waals surface area contributed by atoms with Crippen LogP contribution in [0.15, 0.2) is 47.4 Å². The van der Waals surface area contributed by atoms with Gasteiger partial charge in [0.25, 0.3) is 5.56 Å². The molecule has 0 radical (unpaired) electrons. The molecule has 3 heteroatoms. The summed E-state index contributed by atoms with van der Waals surface area (Å²) in [5.74, 6) is 0. The summed E-state index contributed by atoms with van der Waals surface area (Å²) in [5, 5.41) is 0. The molecule has 0 spiro atoms. The maximum atomic E-state index is 11.2. The van der Waals surface area contributed by atoms with Crippen LogP contribution >= 0.6 is 0 Å². The van der Waals surface area contributed by atoms with Crippen LogP contribution in [0.2, 0.25) is 0 Å². The third-order valence-electron chi connectivity index (χ3n) is 2.63. The van der Waals surface area contributed by atoms with Crippen LogP contribution < -0.4 is 11.3 Å². The molecule has 3 nitrogen and oxygen atoms in total. The van der Waals surface area contributed by atoms with Crippen LogP contribution in [0.1, 0.15) is 22.7 Å². The third kappa shape index (κ3) is 2.04. The van der Waals surface area contributed by atoms with E-state index >= 15 is 0 Å². The lowest BCUT2D eigenvalue weighted by atomic mass is 10.0. The van der Waals surface area contributed by atoms with Gasteiger partial charge in [0.15, 0.2) is 0 Å². The van der Waals surface area contributed by atoms with Crippen molar-refractivity contribution >= 4 is 0 Å². The second kappa shape index (κ2) is 4.33. The van der Waals surface area contributed by atoms with Crippen LogP contribution in [0, 0.1) is 6.92 Å². The number of aryl methyl sites for hydroxylation is 1. The van der Waals surface area contributed by atoms with E-state index in [1.165, 1.54) is 0 Å². The Morgan fingerprint density at radius 3 is 2.50 bits per heavy atom. The average Bonchev–Trinajstić information content (AvgIpc) is 2.33. The molecule has 2 aromatic rings. The topological polar surface area (TPSA) is 58.9 Å². The summed E-state index contributed by atoms with van der Waals surface area (Å²) < 4.78 is 0. The van der Waals surface area contributed by atoms with E-state index in [9.17, 15) is 4.79 Å². The van der Waals surface area contributed by atoms with Gasteiger partial charge in [-0.3, -0.25) is 4.79 Å². The Kier molecular flexibility index (Phi) is 2.88. The first kappa shape index (κ1) is 10.6. The molecule has 0 bridgehead atoms. The average molecular weight is 214 g/mol. The Balaban J connectivity index is 2.38. The van der Waals surface area contributed by atoms with Gasteiger partial charge in [0.2, 0.25) is 0 Å². The lowest BCUT2D eigenvalue weighted by Gasteiger charge is -2.12. The summed E-state index contributed by atoms with van der Waals surface area (Å²) in [6.45, 7) is 1.78. The Hall–Kier alpha value is -1.87. The van der Waals surface area contributed by atoms with Crippen molar-refractivity contribution in [3.05, 3.63) is 69.6 Å². The molecule has 0 aliphatic rings. The standard InChI is InChI=1S/C13H14N2O/c1-9-7-11(8-15-13(9)16)12(14)10-5-3-2-4-6-10/h2-8,12H,14H2,1H3,(H,15,16)/t12-/m1/s1. The van der Waals surface area contributed by atoms with Crippen LogP contribution in [0.5, 0.6) is 0 Å². The highest BCUT2D eigenvalue weighted by molar-refractivity contribution is 5.30. The van der Waals surface area contributed by atoms with E-state index < -0.39 is 0 Å². The van der Waals surface area contributed by atoms with Gasteiger partial charge in [-0.2, -0.15) is 0 Å². The Bertz CT molecular complexity index is 531. The number of nitrogens with one attached hydrogen (secondary N) is 1. The van der Waals surface area contributed by atoms with Gasteiger partial charge >= 0.3 is 0 Å². The lowest BCUT2D eigenvalue weighted by Crippen LogP contribution is -2.16. The van der Waals surface area contributed by atoms with Gasteiger partial charge in [-0.05, 0) is 24.1 Å². The first-order chi connectivity index (χ1) is 7.68. The number of nitrogens with two attached hydrogens (primary N) is 1. The smallest absolute Gasteiger partial charge is 0.250 e. The predicted octanol–water partition coefficient (Wildman–Crippen LogP) is 1.73. The van der Waals surface area contributed by atoms with Gasteiger partial charge in [0.05, 0.1) is 6.04 Å². The minimum Gasteiger partial charge on any atom is -0.329 e. The summed E-state index contributed by atoms with van der Waals surface area (Å²) in [6.07, 6.45) is 1.67. The van der Waals surface area contributed by atoms with E-state index in [-0.39, 0.29) is 11.6 Å². The first-order valence-electron chi connectivity index (χ1n) is 5.18. The molecule has 1 atom stereocenters. The largest absolute Gasteiger partial charge is 0.329 e. The number of H-pyrrole nitrogens is 1. The van der Waals surface area contributed by atoms with Gasteiger partial charge < -0.3 is 10.7 Å². The summed E-state index contributed by atoms with van der Waals surface area (Å²) in [7, 11) is 0. The second-order valence-corrected chi connectivity index (χ2v) is 3.83. The van der Waals surface area contributed by atoms with E-state index in [1.54, 1.807) is 13.1 Å². The maximum Gasteiger partial charge on any atom is 0.250 e. The number of benzene rings is 1. The minimum atomic E-state index is -0.197. The second-order valence-electron chi connectivity index (χ2n) is 3.83. The fourth-order valence-electron chi connectivity index (χ4n) is 1.65. The van der Waals surface area contributed by atoms with Crippen molar-refractivity contribution in [2.75, 3.05) is 0 Å². The van der Waals surface area contributed by atoms with Gasteiger partial charge in [0, 0.05) is 11.8 Å². The van der Waals surface area contributed by atoms with Crippen molar-refractivity contribution in [2.45, 2.75) is 13.0 Å². The van der Waals surface area contributed by atoms with Crippen molar-refractivity contribution in [3.8, 4) is 0 Å². The molecule has 0 fully saturated rings. The lowest BCUT2D eigenvalue weighted by molar-refractivity contribution is 0.857. The number of rotatable bonds is 2. The fraction of sp³-hybridized carbons (Fsp3) is 0.154. The van der Waals surface area contributed by atoms with Crippen LogP contribution in [-0.4, -0.2) is 4.98 Å². The van der Waals surface area contributed by atoms with E-state index in [1.807, 2.05) is 36.4 Å². The zero-order chi connectivity index (χ0) is 11.5. The SMILES string of the molecule is Cc1cc([C@H](N)c2ccccc2)c[nH]c1=O. The molecule has 0 saturated heterocycles. The monoisotopic (exact) mass is 214 g/mol. The molecule has 16 heavy (non-hydrogen) atoms. The highest BCUT2D eigenvalue weighted by Crippen LogP contribution is 2.17. The number of aromatic amines is 1. The molecular weight excluding hydrogens is 200 g/mol. The highest BCUT2D eigenvalue weighted by Gasteiger charge is 2.09. The first-order valence-corrected chi connectivity index (χ1v) is 5.18. The molecule has 0 unspecified atom stereocenters. The number of hydrogen-bond donors (Lipinski definition) is 2. The van der Waals surface area contributed by atoms with Crippen LogP contribution in [0.25, 0.3) is 0 Å². The number of hydrogen-bond acceptors (Lipinski definition) is 2. The molecule has 82 valence electrons. The molecular formula is C13H14N2O. The minimum absolute atomic E-state index is 0.0657. The molecule has 0 saturated carbocycles. The highest BCUT2D eigenvalue weighted by atomic mass is 16.1. The normalized spacial score (nSPS) is 12.4. The molecule has 2 rings (SSSR count). The van der Waals surface area contributed by atoms with Crippen molar-refractivity contribution < 1.29 is 0 Å². The van der Waals surface area contributed by atoms with Crippen molar-refractivity contribution in [3.63, 3.8) is 0 Å². The quantitative estimate of drug-likeness (QED) is 0.799. The van der Waals surface area contributed by atoms with Gasteiger partial charge in [0.1, 0.15) is 0 Å². The van der Waals surface area contributed by atoms with Gasteiger partial charge in [-0.15, -0.1) is 0 Å². The molecule has 0 aliphatic carbocycles. The Morgan fingerprint density at radius 2 is 1.88 bits per heavy atom. The van der Waals surface area contributed by atoms with Crippen LogP contribution in [-0.2, 0) is 0 Å². The molecule has 0 amide bonds. The molecule has 1 heterocycles. The summed E-state index contributed by atoms with van der Waals surface area (Å²) in [5.41, 5.74) is 8.69. The maximum absolute atomic E-state index is 11.2. The predicted molar refractivity (Wildman–Crippen MR) is 64.3 cm³/mol. The van der Waals surface area contributed by atoms with E-state index in [0.717, 1.165) is 11.1 Å². The molecule has 1 aromatic carbocycles. The van der Waals surface area contributed by atoms with Crippen molar-refractivity contribution in [1.29, 1.82) is 0 Å². The fourth-order valence-corrected chi connectivity index (χ4v) is 1.65. The van der Waals surface area contributed by atoms with Crippen molar-refractivity contribution in [2.24, 2.45) is 5.73 Å². The number of aromatic nitrogens is 1. The van der Waals surface area contributed by atoms with Crippen molar-refractivity contribution in [1.82, 2.24) is 4.98 Å². The Labute approximate surface area is 93.9 Å². The number of pyridine rings is 1. The molecule has 1 aromatic heterocycles. The van der Waals surface area contributed by atoms with Crippen LogP contribution in [0.3, 0.4) is 0 Å².